The van der Waals surface area contributed by atoms with Crippen molar-refractivity contribution in [2.75, 3.05) is 7.11 Å². The van der Waals surface area contributed by atoms with Crippen molar-refractivity contribution in [1.82, 2.24) is 5.32 Å². The number of carbonyl (C=O) groups excluding carboxylic acids is 1. The molecule has 0 atom stereocenters. The second-order valence-corrected chi connectivity index (χ2v) is 4.92. The molecule has 4 nitrogen and oxygen atoms in total. The molecule has 2 rings (SSSR count). The first-order valence-electron chi connectivity index (χ1n) is 6.41. The van der Waals surface area contributed by atoms with E-state index < -0.39 is 0 Å². The summed E-state index contributed by atoms with van der Waals surface area (Å²) in [4.78, 5) is 12.4. The van der Waals surface area contributed by atoms with Crippen LogP contribution in [0, 0.1) is 0 Å². The second kappa shape index (κ2) is 6.85. The van der Waals surface area contributed by atoms with Gasteiger partial charge in [0, 0.05) is 17.7 Å². The van der Waals surface area contributed by atoms with Gasteiger partial charge < -0.3 is 15.8 Å². The lowest BCUT2D eigenvalue weighted by Crippen LogP contribution is -2.22. The van der Waals surface area contributed by atoms with Crippen LogP contribution in [0.25, 0.3) is 0 Å². The minimum atomic E-state index is -0.146. The lowest BCUT2D eigenvalue weighted by Gasteiger charge is -2.07. The second-order valence-electron chi connectivity index (χ2n) is 4.48. The Balaban J connectivity index is 1.98. The van der Waals surface area contributed by atoms with Crippen LogP contribution in [-0.4, -0.2) is 18.0 Å². The maximum atomic E-state index is 12.1. The fourth-order valence-corrected chi connectivity index (χ4v) is 1.97. The Morgan fingerprint density at radius 3 is 2.52 bits per heavy atom. The third-order valence-corrected chi connectivity index (χ3v) is 3.26. The number of thiocarbonyl (C=S) groups is 1. The maximum Gasteiger partial charge on any atom is 0.251 e. The lowest BCUT2D eigenvalue weighted by molar-refractivity contribution is 0.0950. The number of benzene rings is 2. The molecule has 0 aromatic heterocycles. The smallest absolute Gasteiger partial charge is 0.251 e. The summed E-state index contributed by atoms with van der Waals surface area (Å²) in [7, 11) is 1.57. The molecule has 0 saturated carbocycles. The zero-order valence-corrected chi connectivity index (χ0v) is 12.4. The van der Waals surface area contributed by atoms with E-state index in [9.17, 15) is 4.79 Å². The molecular weight excluding hydrogens is 284 g/mol. The van der Waals surface area contributed by atoms with E-state index in [1.807, 2.05) is 24.3 Å². The van der Waals surface area contributed by atoms with Crippen LogP contribution in [0.2, 0.25) is 0 Å². The number of nitrogens with two attached hydrogens (primary N) is 1. The van der Waals surface area contributed by atoms with E-state index in [0.717, 1.165) is 11.1 Å². The van der Waals surface area contributed by atoms with Crippen LogP contribution < -0.4 is 15.8 Å². The highest BCUT2D eigenvalue weighted by atomic mass is 32.1. The molecule has 0 aliphatic heterocycles. The van der Waals surface area contributed by atoms with Gasteiger partial charge in [0.25, 0.3) is 5.91 Å². The van der Waals surface area contributed by atoms with Gasteiger partial charge in [0.05, 0.1) is 7.11 Å². The zero-order chi connectivity index (χ0) is 15.2. The minimum Gasteiger partial charge on any atom is -0.497 e. The van der Waals surface area contributed by atoms with Gasteiger partial charge >= 0.3 is 0 Å². The number of methoxy groups -OCH3 is 1. The van der Waals surface area contributed by atoms with Crippen LogP contribution in [0.1, 0.15) is 21.5 Å². The molecule has 0 heterocycles. The van der Waals surface area contributed by atoms with Crippen molar-refractivity contribution in [3.8, 4) is 5.75 Å². The molecule has 3 N–H and O–H groups in total. The van der Waals surface area contributed by atoms with E-state index in [1.165, 1.54) is 0 Å². The van der Waals surface area contributed by atoms with Crippen LogP contribution in [0.3, 0.4) is 0 Å². The SMILES string of the molecule is COc1cccc(C(=O)NCc2ccc(C(N)=S)cc2)c1. The fourth-order valence-electron chi connectivity index (χ4n) is 1.84. The zero-order valence-electron chi connectivity index (χ0n) is 11.6. The van der Waals surface area contributed by atoms with Gasteiger partial charge in [-0.3, -0.25) is 4.79 Å². The van der Waals surface area contributed by atoms with E-state index >= 15 is 0 Å². The topological polar surface area (TPSA) is 64.3 Å². The standard InChI is InChI=1S/C16H16N2O2S/c1-20-14-4-2-3-13(9-14)16(19)18-10-11-5-7-12(8-6-11)15(17)21/h2-9H,10H2,1H3,(H2,17,21)(H,18,19). The molecule has 0 saturated heterocycles. The Kier molecular flexibility index (Phi) is 4.90. The van der Waals surface area contributed by atoms with Crippen molar-refractivity contribution in [2.24, 2.45) is 5.73 Å². The van der Waals surface area contributed by atoms with Crippen molar-refractivity contribution < 1.29 is 9.53 Å². The fraction of sp³-hybridized carbons (Fsp3) is 0.125. The first-order chi connectivity index (χ1) is 10.1. The highest BCUT2D eigenvalue weighted by molar-refractivity contribution is 7.80. The molecule has 108 valence electrons. The van der Waals surface area contributed by atoms with Crippen LogP contribution in [0.15, 0.2) is 48.5 Å². The van der Waals surface area contributed by atoms with E-state index in [1.54, 1.807) is 31.4 Å². The number of amides is 1. The quantitative estimate of drug-likeness (QED) is 0.831. The van der Waals surface area contributed by atoms with E-state index in [2.05, 4.69) is 5.32 Å². The maximum absolute atomic E-state index is 12.1. The average molecular weight is 300 g/mol. The number of nitrogens with one attached hydrogen (secondary N) is 1. The monoisotopic (exact) mass is 300 g/mol. The van der Waals surface area contributed by atoms with Crippen LogP contribution in [0.4, 0.5) is 0 Å². The Morgan fingerprint density at radius 1 is 1.19 bits per heavy atom. The summed E-state index contributed by atoms with van der Waals surface area (Å²) in [5, 5.41) is 2.86. The Hall–Kier alpha value is -2.40. The highest BCUT2D eigenvalue weighted by Crippen LogP contribution is 2.12. The summed E-state index contributed by atoms with van der Waals surface area (Å²) in [5.74, 6) is 0.510. The Morgan fingerprint density at radius 2 is 1.90 bits per heavy atom. The average Bonchev–Trinajstić information content (AvgIpc) is 2.53. The van der Waals surface area contributed by atoms with Gasteiger partial charge in [0.15, 0.2) is 0 Å². The Labute approximate surface area is 128 Å². The molecule has 0 spiro atoms. The third-order valence-electron chi connectivity index (χ3n) is 3.02. The molecule has 2 aromatic carbocycles. The number of hydrogen-bond donors (Lipinski definition) is 2. The minimum absolute atomic E-state index is 0.146. The van der Waals surface area contributed by atoms with E-state index in [-0.39, 0.29) is 5.91 Å². The summed E-state index contributed by atoms with van der Waals surface area (Å²) in [6.07, 6.45) is 0. The number of hydrogen-bond acceptors (Lipinski definition) is 3. The molecule has 0 aliphatic rings. The lowest BCUT2D eigenvalue weighted by atomic mass is 10.1. The molecular formula is C16H16N2O2S. The molecule has 2 aromatic rings. The van der Waals surface area contributed by atoms with Gasteiger partial charge in [-0.2, -0.15) is 0 Å². The van der Waals surface area contributed by atoms with Gasteiger partial charge in [-0.05, 0) is 23.8 Å². The number of rotatable bonds is 5. The van der Waals surface area contributed by atoms with Crippen molar-refractivity contribution >= 4 is 23.1 Å². The summed E-state index contributed by atoms with van der Waals surface area (Å²) in [5.41, 5.74) is 7.89. The van der Waals surface area contributed by atoms with E-state index in [4.69, 9.17) is 22.7 Å². The molecule has 21 heavy (non-hydrogen) atoms. The van der Waals surface area contributed by atoms with Crippen LogP contribution in [-0.2, 0) is 6.54 Å². The van der Waals surface area contributed by atoms with Gasteiger partial charge in [-0.25, -0.2) is 0 Å². The normalized spacial score (nSPS) is 9.95. The third kappa shape index (κ3) is 4.03. The summed E-state index contributed by atoms with van der Waals surface area (Å²) >= 11 is 4.90. The Bertz CT molecular complexity index is 654. The van der Waals surface area contributed by atoms with Crippen molar-refractivity contribution in [3.05, 3.63) is 65.2 Å². The molecule has 0 radical (unpaired) electrons. The first-order valence-corrected chi connectivity index (χ1v) is 6.82. The summed E-state index contributed by atoms with van der Waals surface area (Å²) < 4.78 is 5.10. The molecule has 0 fully saturated rings. The predicted octanol–water partition coefficient (Wildman–Crippen LogP) is 2.26. The molecule has 0 bridgehead atoms. The number of ether oxygens (including phenoxy) is 1. The van der Waals surface area contributed by atoms with Gasteiger partial charge in [-0.1, -0.05) is 42.5 Å². The van der Waals surface area contributed by atoms with E-state index in [0.29, 0.717) is 22.8 Å². The van der Waals surface area contributed by atoms with Gasteiger partial charge in [0.2, 0.25) is 0 Å². The summed E-state index contributed by atoms with van der Waals surface area (Å²) in [6.45, 7) is 0.438. The number of carbonyl (C=O) groups is 1. The van der Waals surface area contributed by atoms with Gasteiger partial charge in [0.1, 0.15) is 10.7 Å². The first kappa shape index (κ1) is 15.0. The molecule has 0 aliphatic carbocycles. The van der Waals surface area contributed by atoms with Crippen molar-refractivity contribution in [3.63, 3.8) is 0 Å². The largest absolute Gasteiger partial charge is 0.497 e. The molecule has 0 unspecified atom stereocenters. The van der Waals surface area contributed by atoms with Crippen LogP contribution >= 0.6 is 12.2 Å². The molecule has 5 heteroatoms. The predicted molar refractivity (Wildman–Crippen MR) is 86.5 cm³/mol. The van der Waals surface area contributed by atoms with Crippen molar-refractivity contribution in [1.29, 1.82) is 0 Å². The van der Waals surface area contributed by atoms with Crippen LogP contribution in [0.5, 0.6) is 5.75 Å². The summed E-state index contributed by atoms with van der Waals surface area (Å²) in [6, 6.07) is 14.5. The molecule has 1 amide bonds. The van der Waals surface area contributed by atoms with Gasteiger partial charge in [-0.15, -0.1) is 0 Å². The highest BCUT2D eigenvalue weighted by Gasteiger charge is 2.06. The van der Waals surface area contributed by atoms with Crippen molar-refractivity contribution in [2.45, 2.75) is 6.54 Å².